The van der Waals surface area contributed by atoms with Gasteiger partial charge in [-0.25, -0.2) is 0 Å². The largest absolute Gasteiger partial charge is 0.391 e. The van der Waals surface area contributed by atoms with Gasteiger partial charge in [-0.3, -0.25) is 4.79 Å². The Bertz CT molecular complexity index is 610. The first-order valence-electron chi connectivity index (χ1n) is 5.81. The molecule has 1 aromatic carbocycles. The number of rotatable bonds is 1. The zero-order valence-electron chi connectivity index (χ0n) is 9.60. The van der Waals surface area contributed by atoms with Crippen LogP contribution in [0.25, 0.3) is 10.1 Å². The van der Waals surface area contributed by atoms with Crippen LogP contribution in [0, 0.1) is 0 Å². The van der Waals surface area contributed by atoms with Gasteiger partial charge in [-0.2, -0.15) is 0 Å². The molecule has 1 amide bonds. The predicted octanol–water partition coefficient (Wildman–Crippen LogP) is 2.76. The second kappa shape index (κ2) is 4.53. The first-order valence-corrected chi connectivity index (χ1v) is 7.00. The summed E-state index contributed by atoms with van der Waals surface area (Å²) in [7, 11) is 0. The molecule has 1 saturated heterocycles. The first-order chi connectivity index (χ1) is 8.66. The van der Waals surface area contributed by atoms with Gasteiger partial charge in [0, 0.05) is 23.2 Å². The number of halogens is 1. The molecule has 1 aliphatic rings. The third-order valence-corrected chi connectivity index (χ3v) is 4.84. The van der Waals surface area contributed by atoms with Gasteiger partial charge in [0.1, 0.15) is 4.88 Å². The normalized spacial score (nSPS) is 19.7. The smallest absolute Gasteiger partial charge is 0.265 e. The van der Waals surface area contributed by atoms with Gasteiger partial charge in [-0.1, -0.05) is 29.8 Å². The molecule has 3 nitrogen and oxygen atoms in total. The summed E-state index contributed by atoms with van der Waals surface area (Å²) in [6, 6.07) is 7.73. The molecular weight excluding hydrogens is 270 g/mol. The molecule has 1 N–H and O–H groups in total. The predicted molar refractivity (Wildman–Crippen MR) is 73.4 cm³/mol. The molecular formula is C13H12ClNO2S. The van der Waals surface area contributed by atoms with E-state index in [2.05, 4.69) is 0 Å². The zero-order chi connectivity index (χ0) is 12.7. The minimum atomic E-state index is -0.401. The van der Waals surface area contributed by atoms with Gasteiger partial charge in [0.15, 0.2) is 0 Å². The van der Waals surface area contributed by atoms with E-state index in [-0.39, 0.29) is 5.91 Å². The molecule has 3 rings (SSSR count). The lowest BCUT2D eigenvalue weighted by molar-refractivity contribution is 0.0770. The highest BCUT2D eigenvalue weighted by Gasteiger charge is 2.28. The number of carbonyl (C=O) groups excluding carboxylic acids is 1. The molecule has 1 atom stereocenters. The van der Waals surface area contributed by atoms with Crippen molar-refractivity contribution in [2.75, 3.05) is 13.1 Å². The number of fused-ring (bicyclic) bond motifs is 1. The fraction of sp³-hybridized carbons (Fsp3) is 0.308. The van der Waals surface area contributed by atoms with Gasteiger partial charge >= 0.3 is 0 Å². The van der Waals surface area contributed by atoms with Crippen molar-refractivity contribution in [1.29, 1.82) is 0 Å². The molecule has 2 heterocycles. The Kier molecular flexibility index (Phi) is 3.01. The summed E-state index contributed by atoms with van der Waals surface area (Å²) < 4.78 is 1.02. The highest BCUT2D eigenvalue weighted by molar-refractivity contribution is 7.21. The number of carbonyl (C=O) groups is 1. The fourth-order valence-corrected chi connectivity index (χ4v) is 3.70. The molecule has 5 heteroatoms. The summed E-state index contributed by atoms with van der Waals surface area (Å²) in [5, 5.41) is 10.9. The minimum absolute atomic E-state index is 0.0715. The second-order valence-corrected chi connectivity index (χ2v) is 5.87. The maximum atomic E-state index is 12.3. The van der Waals surface area contributed by atoms with Crippen molar-refractivity contribution in [3.63, 3.8) is 0 Å². The molecule has 0 spiro atoms. The average molecular weight is 282 g/mol. The van der Waals surface area contributed by atoms with Crippen LogP contribution in [0.3, 0.4) is 0 Å². The van der Waals surface area contributed by atoms with Crippen molar-refractivity contribution in [3.8, 4) is 0 Å². The van der Waals surface area contributed by atoms with Crippen molar-refractivity contribution in [3.05, 3.63) is 34.2 Å². The first kappa shape index (κ1) is 12.0. The summed E-state index contributed by atoms with van der Waals surface area (Å²) in [4.78, 5) is 14.6. The maximum Gasteiger partial charge on any atom is 0.265 e. The molecule has 0 aliphatic carbocycles. The average Bonchev–Trinajstić information content (AvgIpc) is 2.94. The zero-order valence-corrected chi connectivity index (χ0v) is 11.2. The lowest BCUT2D eigenvalue weighted by Crippen LogP contribution is -2.29. The monoisotopic (exact) mass is 281 g/mol. The number of thiophene rings is 1. The molecule has 0 radical (unpaired) electrons. The molecule has 94 valence electrons. The van der Waals surface area contributed by atoms with E-state index in [4.69, 9.17) is 11.6 Å². The van der Waals surface area contributed by atoms with E-state index in [1.54, 1.807) is 4.90 Å². The minimum Gasteiger partial charge on any atom is -0.391 e. The van der Waals surface area contributed by atoms with Gasteiger partial charge in [-0.05, 0) is 12.5 Å². The number of amides is 1. The third kappa shape index (κ3) is 1.90. The number of β-amino-alcohol motifs (C(OH)–C–C–N with tert-alkyl or cyclic N) is 1. The summed E-state index contributed by atoms with van der Waals surface area (Å²) in [6.07, 6.45) is 0.246. The summed E-state index contributed by atoms with van der Waals surface area (Å²) in [5.74, 6) is -0.0715. The standard InChI is InChI=1S/C13H12ClNO2S/c14-11-9-3-1-2-4-10(9)18-12(11)13(17)15-6-5-8(16)7-15/h1-4,8,16H,5-7H2/t8-/m1/s1. The number of aliphatic hydroxyl groups is 1. The molecule has 1 aliphatic heterocycles. The van der Waals surface area contributed by atoms with E-state index in [9.17, 15) is 9.90 Å². The quantitative estimate of drug-likeness (QED) is 0.873. The second-order valence-electron chi connectivity index (χ2n) is 4.43. The van der Waals surface area contributed by atoms with E-state index >= 15 is 0 Å². The van der Waals surface area contributed by atoms with E-state index in [1.165, 1.54) is 11.3 Å². The van der Waals surface area contributed by atoms with E-state index in [0.29, 0.717) is 29.4 Å². The van der Waals surface area contributed by atoms with Crippen LogP contribution in [0.2, 0.25) is 5.02 Å². The molecule has 0 unspecified atom stereocenters. The number of aliphatic hydroxyl groups excluding tert-OH is 1. The van der Waals surface area contributed by atoms with E-state index in [1.807, 2.05) is 24.3 Å². The highest BCUT2D eigenvalue weighted by Crippen LogP contribution is 2.36. The van der Waals surface area contributed by atoms with Crippen LogP contribution in [0.1, 0.15) is 16.1 Å². The number of hydrogen-bond donors (Lipinski definition) is 1. The molecule has 0 bridgehead atoms. The van der Waals surface area contributed by atoms with Gasteiger partial charge in [-0.15, -0.1) is 11.3 Å². The van der Waals surface area contributed by atoms with Crippen LogP contribution in [0.15, 0.2) is 24.3 Å². The summed E-state index contributed by atoms with van der Waals surface area (Å²) in [5.41, 5.74) is 0. The molecule has 1 fully saturated rings. The highest BCUT2D eigenvalue weighted by atomic mass is 35.5. The Balaban J connectivity index is 1.99. The lowest BCUT2D eigenvalue weighted by atomic mass is 10.2. The maximum absolute atomic E-state index is 12.3. The van der Waals surface area contributed by atoms with Crippen molar-refractivity contribution < 1.29 is 9.90 Å². The van der Waals surface area contributed by atoms with Crippen molar-refractivity contribution in [2.45, 2.75) is 12.5 Å². The number of nitrogens with zero attached hydrogens (tertiary/aromatic N) is 1. The van der Waals surface area contributed by atoms with Gasteiger partial charge in [0.05, 0.1) is 11.1 Å². The molecule has 0 saturated carbocycles. The molecule has 2 aromatic rings. The van der Waals surface area contributed by atoms with Crippen LogP contribution in [-0.2, 0) is 0 Å². The van der Waals surface area contributed by atoms with Crippen LogP contribution in [-0.4, -0.2) is 35.1 Å². The fourth-order valence-electron chi connectivity index (χ4n) is 2.22. The van der Waals surface area contributed by atoms with Crippen molar-refractivity contribution >= 4 is 38.9 Å². The Morgan fingerprint density at radius 2 is 2.22 bits per heavy atom. The molecule has 18 heavy (non-hydrogen) atoms. The third-order valence-electron chi connectivity index (χ3n) is 3.18. The van der Waals surface area contributed by atoms with Crippen LogP contribution >= 0.6 is 22.9 Å². The van der Waals surface area contributed by atoms with E-state index in [0.717, 1.165) is 10.1 Å². The Hall–Kier alpha value is -1.10. The van der Waals surface area contributed by atoms with Crippen molar-refractivity contribution in [1.82, 2.24) is 4.90 Å². The Labute approximate surface area is 114 Å². The SMILES string of the molecule is O=C(c1sc2ccccc2c1Cl)N1CC[C@@H](O)C1. The van der Waals surface area contributed by atoms with Crippen LogP contribution < -0.4 is 0 Å². The van der Waals surface area contributed by atoms with E-state index < -0.39 is 6.10 Å². The number of hydrogen-bond acceptors (Lipinski definition) is 3. The molecule has 1 aromatic heterocycles. The van der Waals surface area contributed by atoms with Crippen LogP contribution in [0.4, 0.5) is 0 Å². The summed E-state index contributed by atoms with van der Waals surface area (Å²) in [6.45, 7) is 1.01. The van der Waals surface area contributed by atoms with Gasteiger partial charge in [0.25, 0.3) is 5.91 Å². The Morgan fingerprint density at radius 1 is 1.44 bits per heavy atom. The Morgan fingerprint density at radius 3 is 2.89 bits per heavy atom. The topological polar surface area (TPSA) is 40.5 Å². The van der Waals surface area contributed by atoms with Crippen LogP contribution in [0.5, 0.6) is 0 Å². The van der Waals surface area contributed by atoms with Crippen molar-refractivity contribution in [2.24, 2.45) is 0 Å². The number of likely N-dealkylation sites (tertiary alicyclic amines) is 1. The summed E-state index contributed by atoms with van der Waals surface area (Å²) >= 11 is 7.68. The van der Waals surface area contributed by atoms with Gasteiger partial charge < -0.3 is 10.0 Å². The lowest BCUT2D eigenvalue weighted by Gasteiger charge is -2.14. The number of benzene rings is 1. The van der Waals surface area contributed by atoms with Gasteiger partial charge in [0.2, 0.25) is 0 Å².